The van der Waals surface area contributed by atoms with Gasteiger partial charge >= 0.3 is 0 Å². The van der Waals surface area contributed by atoms with Gasteiger partial charge in [-0.05, 0) is 36.4 Å². The molecule has 29 heavy (non-hydrogen) atoms. The van der Waals surface area contributed by atoms with Gasteiger partial charge in [0.2, 0.25) is 0 Å². The third-order valence-corrected chi connectivity index (χ3v) is 7.57. The van der Waals surface area contributed by atoms with E-state index in [0.717, 1.165) is 22.0 Å². The first kappa shape index (κ1) is 21.0. The van der Waals surface area contributed by atoms with Gasteiger partial charge in [0.05, 0.1) is 6.54 Å². The zero-order valence-electron chi connectivity index (χ0n) is 16.3. The number of imidazole rings is 1. The lowest BCUT2D eigenvalue weighted by Gasteiger charge is -2.08. The van der Waals surface area contributed by atoms with Crippen LogP contribution in [-0.2, 0) is 30.2 Å². The molecule has 1 N–H and O–H groups in total. The van der Waals surface area contributed by atoms with Crippen molar-refractivity contribution in [2.24, 2.45) is 7.05 Å². The van der Waals surface area contributed by atoms with Crippen molar-refractivity contribution in [2.45, 2.75) is 17.4 Å². The molecule has 1 amide bonds. The van der Waals surface area contributed by atoms with Crippen molar-refractivity contribution in [3.05, 3.63) is 65.1 Å². The van der Waals surface area contributed by atoms with Crippen LogP contribution in [0.2, 0.25) is 0 Å². The lowest BCUT2D eigenvalue weighted by molar-refractivity contribution is 0.0951. The standard InChI is InChI=1S/C19H22N4O4S2/c1-22(2)29(25,26)18-9-8-16(28-18)12-21-19(24)14-4-6-15(7-5-14)27-13-17-20-10-11-23(17)3/h4-11H,12-13H2,1-3H3,(H,21,24). The minimum absolute atomic E-state index is 0.244. The van der Waals surface area contributed by atoms with Crippen LogP contribution >= 0.6 is 11.3 Å². The molecule has 0 saturated carbocycles. The van der Waals surface area contributed by atoms with Crippen molar-refractivity contribution in [2.75, 3.05) is 14.1 Å². The van der Waals surface area contributed by atoms with Crippen LogP contribution in [0, 0.1) is 0 Å². The summed E-state index contributed by atoms with van der Waals surface area (Å²) in [7, 11) is 1.41. The molecule has 3 aromatic rings. The van der Waals surface area contributed by atoms with E-state index in [9.17, 15) is 13.2 Å². The Labute approximate surface area is 173 Å². The monoisotopic (exact) mass is 434 g/mol. The van der Waals surface area contributed by atoms with Gasteiger partial charge in [0.25, 0.3) is 15.9 Å². The second-order valence-corrected chi connectivity index (χ2v) is 10.0. The van der Waals surface area contributed by atoms with E-state index in [1.807, 2.05) is 17.8 Å². The second-order valence-electron chi connectivity index (χ2n) is 6.46. The van der Waals surface area contributed by atoms with E-state index in [-0.39, 0.29) is 16.7 Å². The fraction of sp³-hybridized carbons (Fsp3) is 0.263. The maximum absolute atomic E-state index is 12.3. The molecular formula is C19H22N4O4S2. The number of aryl methyl sites for hydroxylation is 1. The predicted octanol–water partition coefficient (Wildman–Crippen LogP) is 2.24. The molecule has 154 valence electrons. The second kappa shape index (κ2) is 8.76. The molecule has 0 aliphatic rings. The number of ether oxygens (including phenoxy) is 1. The number of amides is 1. The molecule has 1 aromatic carbocycles. The van der Waals surface area contributed by atoms with E-state index in [2.05, 4.69) is 10.3 Å². The number of carbonyl (C=O) groups is 1. The third-order valence-electron chi connectivity index (χ3n) is 4.20. The number of aromatic nitrogens is 2. The van der Waals surface area contributed by atoms with E-state index in [1.54, 1.807) is 42.6 Å². The topological polar surface area (TPSA) is 93.5 Å². The summed E-state index contributed by atoms with van der Waals surface area (Å²) in [5.41, 5.74) is 0.493. The fourth-order valence-electron chi connectivity index (χ4n) is 2.43. The molecule has 0 radical (unpaired) electrons. The van der Waals surface area contributed by atoms with Gasteiger partial charge in [0.1, 0.15) is 22.4 Å². The van der Waals surface area contributed by atoms with Gasteiger partial charge < -0.3 is 14.6 Å². The van der Waals surface area contributed by atoms with Crippen molar-refractivity contribution >= 4 is 27.3 Å². The molecule has 0 saturated heterocycles. The Balaban J connectivity index is 1.55. The summed E-state index contributed by atoms with van der Waals surface area (Å²) in [5.74, 6) is 1.20. The Kier molecular flexibility index (Phi) is 6.36. The third kappa shape index (κ3) is 5.03. The highest BCUT2D eigenvalue weighted by molar-refractivity contribution is 7.91. The smallest absolute Gasteiger partial charge is 0.252 e. The highest BCUT2D eigenvalue weighted by atomic mass is 32.2. The number of rotatable bonds is 8. The molecule has 10 heteroatoms. The molecule has 0 bridgehead atoms. The molecule has 0 aliphatic heterocycles. The van der Waals surface area contributed by atoms with Crippen molar-refractivity contribution in [1.82, 2.24) is 19.2 Å². The highest BCUT2D eigenvalue weighted by Gasteiger charge is 2.19. The minimum atomic E-state index is -3.46. The number of hydrogen-bond acceptors (Lipinski definition) is 6. The highest BCUT2D eigenvalue weighted by Crippen LogP contribution is 2.23. The molecule has 0 unspecified atom stereocenters. The quantitative estimate of drug-likeness (QED) is 0.587. The van der Waals surface area contributed by atoms with Crippen LogP contribution in [-0.4, -0.2) is 42.3 Å². The summed E-state index contributed by atoms with van der Waals surface area (Å²) >= 11 is 1.14. The summed E-state index contributed by atoms with van der Waals surface area (Å²) in [6, 6.07) is 10.1. The first-order valence-electron chi connectivity index (χ1n) is 8.76. The summed E-state index contributed by atoms with van der Waals surface area (Å²) in [5, 5.41) is 2.80. The Morgan fingerprint density at radius 2 is 1.93 bits per heavy atom. The lowest BCUT2D eigenvalue weighted by atomic mass is 10.2. The van der Waals surface area contributed by atoms with E-state index in [4.69, 9.17) is 4.74 Å². The SMILES string of the molecule is CN(C)S(=O)(=O)c1ccc(CNC(=O)c2ccc(OCc3nccn3C)cc2)s1. The maximum atomic E-state index is 12.3. The maximum Gasteiger partial charge on any atom is 0.252 e. The van der Waals surface area contributed by atoms with Gasteiger partial charge in [-0.15, -0.1) is 11.3 Å². The van der Waals surface area contributed by atoms with Crippen molar-refractivity contribution in [3.63, 3.8) is 0 Å². The van der Waals surface area contributed by atoms with Crippen LogP contribution in [0.15, 0.2) is 53.0 Å². The van der Waals surface area contributed by atoms with Gasteiger partial charge in [0, 0.05) is 44.0 Å². The molecule has 0 fully saturated rings. The summed E-state index contributed by atoms with van der Waals surface area (Å²) in [6.45, 7) is 0.593. The lowest BCUT2D eigenvalue weighted by Crippen LogP contribution is -2.22. The molecular weight excluding hydrogens is 412 g/mol. The van der Waals surface area contributed by atoms with Gasteiger partial charge in [-0.25, -0.2) is 17.7 Å². The number of carbonyl (C=O) groups excluding carboxylic acids is 1. The Morgan fingerprint density at radius 1 is 1.21 bits per heavy atom. The number of nitrogens with zero attached hydrogens (tertiary/aromatic N) is 3. The zero-order valence-corrected chi connectivity index (χ0v) is 18.0. The molecule has 3 rings (SSSR count). The van der Waals surface area contributed by atoms with E-state index < -0.39 is 10.0 Å². The van der Waals surface area contributed by atoms with Crippen molar-refractivity contribution in [1.29, 1.82) is 0 Å². The summed E-state index contributed by atoms with van der Waals surface area (Å²) in [6.07, 6.45) is 3.55. The molecule has 2 heterocycles. The van der Waals surface area contributed by atoms with Crippen LogP contribution in [0.3, 0.4) is 0 Å². The molecule has 0 atom stereocenters. The fourth-order valence-corrected chi connectivity index (χ4v) is 4.89. The number of hydrogen-bond donors (Lipinski definition) is 1. The van der Waals surface area contributed by atoms with Crippen LogP contribution in [0.1, 0.15) is 21.1 Å². The van der Waals surface area contributed by atoms with Crippen LogP contribution < -0.4 is 10.1 Å². The van der Waals surface area contributed by atoms with Gasteiger partial charge in [-0.2, -0.15) is 0 Å². The van der Waals surface area contributed by atoms with Crippen molar-refractivity contribution in [3.8, 4) is 5.75 Å². The normalized spacial score (nSPS) is 11.6. The summed E-state index contributed by atoms with van der Waals surface area (Å²) < 4.78 is 33.2. The van der Waals surface area contributed by atoms with Gasteiger partial charge in [0.15, 0.2) is 0 Å². The number of benzene rings is 1. The minimum Gasteiger partial charge on any atom is -0.486 e. The predicted molar refractivity (Wildman–Crippen MR) is 110 cm³/mol. The molecule has 0 aliphatic carbocycles. The number of nitrogens with one attached hydrogen (secondary N) is 1. The first-order chi connectivity index (χ1) is 13.8. The molecule has 0 spiro atoms. The van der Waals surface area contributed by atoms with E-state index in [0.29, 0.717) is 17.9 Å². The Bertz CT molecular complexity index is 1090. The average Bonchev–Trinajstić information content (AvgIpc) is 3.34. The Morgan fingerprint density at radius 3 is 2.55 bits per heavy atom. The van der Waals surface area contributed by atoms with Gasteiger partial charge in [-0.1, -0.05) is 0 Å². The van der Waals surface area contributed by atoms with E-state index in [1.165, 1.54) is 18.4 Å². The molecule has 2 aromatic heterocycles. The van der Waals surface area contributed by atoms with Gasteiger partial charge in [-0.3, -0.25) is 4.79 Å². The first-order valence-corrected chi connectivity index (χ1v) is 11.0. The zero-order chi connectivity index (χ0) is 21.0. The van der Waals surface area contributed by atoms with E-state index >= 15 is 0 Å². The van der Waals surface area contributed by atoms with Crippen LogP contribution in [0.5, 0.6) is 5.75 Å². The summed E-state index contributed by atoms with van der Waals surface area (Å²) in [4.78, 5) is 17.3. The van der Waals surface area contributed by atoms with Crippen LogP contribution in [0.4, 0.5) is 0 Å². The van der Waals surface area contributed by atoms with Crippen LogP contribution in [0.25, 0.3) is 0 Å². The average molecular weight is 435 g/mol. The largest absolute Gasteiger partial charge is 0.486 e. The Hall–Kier alpha value is -2.69. The van der Waals surface area contributed by atoms with Crippen molar-refractivity contribution < 1.29 is 17.9 Å². The molecule has 8 nitrogen and oxygen atoms in total. The number of thiophene rings is 1. The number of sulfonamides is 1.